The molecule has 3 aliphatic rings. The third-order valence-corrected chi connectivity index (χ3v) is 8.50. The van der Waals surface area contributed by atoms with E-state index in [-0.39, 0.29) is 41.8 Å². The SMILES string of the molecule is CNC(=O)c1ccc(OC(F)F)cc1.COc1cc(F)c(C2CC(=O)N(c3nc(N4CC5CC4CN5C)ccc3OC)C2)c(F)c1. The second kappa shape index (κ2) is 13.8. The molecule has 3 aromatic rings. The van der Waals surface area contributed by atoms with Crippen LogP contribution in [0.3, 0.4) is 0 Å². The molecule has 3 atom stereocenters. The van der Waals surface area contributed by atoms with Gasteiger partial charge in [-0.1, -0.05) is 0 Å². The predicted molar refractivity (Wildman–Crippen MR) is 162 cm³/mol. The van der Waals surface area contributed by atoms with Crippen molar-refractivity contribution in [2.24, 2.45) is 0 Å². The number of alkyl halides is 2. The van der Waals surface area contributed by atoms with Gasteiger partial charge < -0.3 is 24.4 Å². The Morgan fingerprint density at radius 1 is 0.957 bits per heavy atom. The fourth-order valence-corrected chi connectivity index (χ4v) is 6.19. The van der Waals surface area contributed by atoms with Crippen molar-refractivity contribution in [2.45, 2.75) is 37.5 Å². The van der Waals surface area contributed by atoms with Crippen molar-refractivity contribution < 1.29 is 41.4 Å². The van der Waals surface area contributed by atoms with E-state index >= 15 is 0 Å². The molecule has 3 aliphatic heterocycles. The lowest BCUT2D eigenvalue weighted by Crippen LogP contribution is -2.45. The molecule has 2 bridgehead atoms. The molecule has 3 unspecified atom stereocenters. The summed E-state index contributed by atoms with van der Waals surface area (Å²) in [4.78, 5) is 34.9. The van der Waals surface area contributed by atoms with Gasteiger partial charge in [-0.25, -0.2) is 13.8 Å². The van der Waals surface area contributed by atoms with Crippen LogP contribution in [0.25, 0.3) is 0 Å². The number of rotatable bonds is 8. The van der Waals surface area contributed by atoms with Crippen LogP contribution in [-0.4, -0.2) is 88.3 Å². The smallest absolute Gasteiger partial charge is 0.387 e. The number of amides is 2. The molecule has 14 heteroatoms. The number of likely N-dealkylation sites (tertiary alicyclic amines) is 1. The number of hydrogen-bond acceptors (Lipinski definition) is 8. The van der Waals surface area contributed by atoms with E-state index in [1.165, 1.54) is 50.4 Å². The van der Waals surface area contributed by atoms with Gasteiger partial charge in [-0.05, 0) is 49.9 Å². The first-order valence-corrected chi connectivity index (χ1v) is 14.6. The Kier molecular flexibility index (Phi) is 9.85. The number of piperazine rings is 1. The van der Waals surface area contributed by atoms with Gasteiger partial charge in [-0.15, -0.1) is 0 Å². The lowest BCUT2D eigenvalue weighted by Gasteiger charge is -2.33. The topological polar surface area (TPSA) is 96.5 Å². The van der Waals surface area contributed by atoms with E-state index < -0.39 is 24.2 Å². The fraction of sp³-hybridized carbons (Fsp3) is 0.406. The van der Waals surface area contributed by atoms with Gasteiger partial charge in [-0.3, -0.25) is 19.4 Å². The highest BCUT2D eigenvalue weighted by Crippen LogP contribution is 2.40. The molecule has 0 radical (unpaired) electrons. The predicted octanol–water partition coefficient (Wildman–Crippen LogP) is 4.44. The largest absolute Gasteiger partial charge is 0.497 e. The van der Waals surface area contributed by atoms with Gasteiger partial charge in [-0.2, -0.15) is 8.78 Å². The number of nitrogens with one attached hydrogen (secondary N) is 1. The molecule has 0 spiro atoms. The lowest BCUT2D eigenvalue weighted by molar-refractivity contribution is -0.117. The zero-order valence-electron chi connectivity index (χ0n) is 25.8. The number of carbonyl (C=O) groups is 2. The van der Waals surface area contributed by atoms with Crippen molar-refractivity contribution in [1.29, 1.82) is 0 Å². The van der Waals surface area contributed by atoms with Crippen LogP contribution in [0.4, 0.5) is 29.2 Å². The zero-order valence-corrected chi connectivity index (χ0v) is 25.8. The van der Waals surface area contributed by atoms with E-state index in [0.29, 0.717) is 29.2 Å². The second-order valence-electron chi connectivity index (χ2n) is 11.2. The van der Waals surface area contributed by atoms with Gasteiger partial charge in [0.1, 0.15) is 29.0 Å². The molecule has 10 nitrogen and oxygen atoms in total. The maximum Gasteiger partial charge on any atom is 0.387 e. The van der Waals surface area contributed by atoms with Crippen LogP contribution in [0.1, 0.15) is 34.7 Å². The molecule has 246 valence electrons. The highest BCUT2D eigenvalue weighted by molar-refractivity contribution is 5.97. The number of benzene rings is 2. The molecular weight excluding hydrogens is 610 g/mol. The number of pyridine rings is 1. The number of halogens is 4. The second-order valence-corrected chi connectivity index (χ2v) is 11.2. The number of carbonyl (C=O) groups excluding carboxylic acids is 2. The van der Waals surface area contributed by atoms with Gasteiger partial charge in [0, 0.05) is 74.4 Å². The number of methoxy groups -OCH3 is 2. The van der Waals surface area contributed by atoms with Crippen LogP contribution in [0, 0.1) is 11.6 Å². The Morgan fingerprint density at radius 2 is 1.65 bits per heavy atom. The van der Waals surface area contributed by atoms with Crippen LogP contribution in [0.2, 0.25) is 0 Å². The minimum absolute atomic E-state index is 0.00552. The summed E-state index contributed by atoms with van der Waals surface area (Å²) in [6.07, 6.45) is 1.09. The number of nitrogens with zero attached hydrogens (tertiary/aromatic N) is 4. The molecule has 1 aromatic heterocycles. The summed E-state index contributed by atoms with van der Waals surface area (Å²) in [5.41, 5.74) is 0.297. The molecule has 6 rings (SSSR count). The van der Waals surface area contributed by atoms with Crippen molar-refractivity contribution >= 4 is 23.5 Å². The van der Waals surface area contributed by atoms with E-state index in [1.54, 1.807) is 0 Å². The Balaban J connectivity index is 0.000000251. The molecule has 3 saturated heterocycles. The third-order valence-electron chi connectivity index (χ3n) is 8.50. The highest BCUT2D eigenvalue weighted by Gasteiger charge is 2.43. The van der Waals surface area contributed by atoms with E-state index in [0.717, 1.165) is 37.5 Å². The maximum absolute atomic E-state index is 14.6. The van der Waals surface area contributed by atoms with Crippen molar-refractivity contribution in [3.8, 4) is 17.2 Å². The normalized spacial score (nSPS) is 20.5. The lowest BCUT2D eigenvalue weighted by atomic mass is 9.97. The first kappa shape index (κ1) is 32.8. The molecule has 2 amide bonds. The van der Waals surface area contributed by atoms with E-state index in [2.05, 4.69) is 26.9 Å². The highest BCUT2D eigenvalue weighted by atomic mass is 19.3. The Labute approximate surface area is 263 Å². The minimum Gasteiger partial charge on any atom is -0.497 e. The molecule has 4 heterocycles. The number of ether oxygens (including phenoxy) is 3. The van der Waals surface area contributed by atoms with Crippen LogP contribution >= 0.6 is 0 Å². The summed E-state index contributed by atoms with van der Waals surface area (Å²) < 4.78 is 67.3. The molecule has 1 N–H and O–H groups in total. The fourth-order valence-electron chi connectivity index (χ4n) is 6.19. The van der Waals surface area contributed by atoms with Crippen molar-refractivity contribution in [3.05, 3.63) is 71.3 Å². The van der Waals surface area contributed by atoms with Gasteiger partial charge in [0.2, 0.25) is 5.91 Å². The minimum atomic E-state index is -2.85. The average Bonchev–Trinajstić information content (AvgIpc) is 3.74. The first-order valence-electron chi connectivity index (χ1n) is 14.6. The third kappa shape index (κ3) is 6.81. The Bertz CT molecular complexity index is 1550. The summed E-state index contributed by atoms with van der Waals surface area (Å²) in [6.45, 7) is -0.853. The number of fused-ring (bicyclic) bond motifs is 2. The van der Waals surface area contributed by atoms with Crippen molar-refractivity contribution in [1.82, 2.24) is 15.2 Å². The van der Waals surface area contributed by atoms with Gasteiger partial charge in [0.05, 0.1) is 14.2 Å². The quantitative estimate of drug-likeness (QED) is 0.360. The Hall–Kier alpha value is -4.59. The number of hydrogen-bond donors (Lipinski definition) is 1. The first-order chi connectivity index (χ1) is 22.0. The van der Waals surface area contributed by atoms with E-state index in [1.807, 2.05) is 12.1 Å². The van der Waals surface area contributed by atoms with Crippen LogP contribution in [-0.2, 0) is 4.79 Å². The molecule has 0 aliphatic carbocycles. The van der Waals surface area contributed by atoms with E-state index in [9.17, 15) is 27.2 Å². The molecular formula is C32H35F4N5O5. The monoisotopic (exact) mass is 645 g/mol. The summed E-state index contributed by atoms with van der Waals surface area (Å²) in [5.74, 6) is -0.787. The number of anilines is 2. The van der Waals surface area contributed by atoms with Gasteiger partial charge >= 0.3 is 6.61 Å². The summed E-state index contributed by atoms with van der Waals surface area (Å²) in [7, 11) is 6.50. The molecule has 2 aromatic carbocycles. The summed E-state index contributed by atoms with van der Waals surface area (Å²) in [6, 6.07) is 12.4. The van der Waals surface area contributed by atoms with Crippen LogP contribution in [0.5, 0.6) is 17.2 Å². The molecule has 0 saturated carbocycles. The van der Waals surface area contributed by atoms with Gasteiger partial charge in [0.25, 0.3) is 5.91 Å². The zero-order chi connectivity index (χ0) is 33.1. The molecule has 3 fully saturated rings. The van der Waals surface area contributed by atoms with Crippen LogP contribution in [0.15, 0.2) is 48.5 Å². The summed E-state index contributed by atoms with van der Waals surface area (Å²) in [5, 5.41) is 2.41. The number of likely N-dealkylation sites (N-methyl/N-ethyl adjacent to an activating group) is 1. The van der Waals surface area contributed by atoms with Crippen LogP contribution < -0.4 is 29.3 Å². The average molecular weight is 646 g/mol. The van der Waals surface area contributed by atoms with Crippen molar-refractivity contribution in [2.75, 3.05) is 57.7 Å². The Morgan fingerprint density at radius 3 is 2.20 bits per heavy atom. The standard InChI is InChI=1S/C23H26F2N4O3.C9H9F2NO2/c1-27-11-15-7-14(27)12-28(15)20-5-4-19(32-3)23(26-20)29-10-13(6-21(29)30)22-17(24)8-16(31-2)9-18(22)25;1-12-8(13)6-2-4-7(5-3-6)14-9(10)11/h4-5,8-9,13-15H,6-7,10-12H2,1-3H3;2-5,9H,1H3,(H,12,13). The van der Waals surface area contributed by atoms with E-state index in [4.69, 9.17) is 14.5 Å². The summed E-state index contributed by atoms with van der Waals surface area (Å²) >= 11 is 0. The molecule has 46 heavy (non-hydrogen) atoms. The van der Waals surface area contributed by atoms with Gasteiger partial charge in [0.15, 0.2) is 11.6 Å². The van der Waals surface area contributed by atoms with Crippen molar-refractivity contribution in [3.63, 3.8) is 0 Å². The number of aromatic nitrogens is 1. The maximum atomic E-state index is 14.6.